The monoisotopic (exact) mass is 284 g/mol. The van der Waals surface area contributed by atoms with E-state index in [1.807, 2.05) is 10.6 Å². The fourth-order valence-electron chi connectivity index (χ4n) is 1.75. The van der Waals surface area contributed by atoms with Gasteiger partial charge in [-0.3, -0.25) is 9.16 Å². The van der Waals surface area contributed by atoms with Crippen LogP contribution in [0.1, 0.15) is 0 Å². The molecular weight excluding hydrogens is 260 g/mol. The summed E-state index contributed by atoms with van der Waals surface area (Å²) in [5.74, 6) is 1.36. The SMILES string of the molecule is C[SH](C)(C)(C)CCOCn1cnc2cc(O)ccc21. The fourth-order valence-corrected chi connectivity index (χ4v) is 2.61. The molecule has 0 aliphatic rings. The number of rotatable bonds is 5. The summed E-state index contributed by atoms with van der Waals surface area (Å²) in [5.41, 5.74) is 1.77. The molecule has 0 atom stereocenters. The Morgan fingerprint density at radius 2 is 2.00 bits per heavy atom. The Bertz CT molecular complexity index is 575. The van der Waals surface area contributed by atoms with E-state index < -0.39 is 9.16 Å². The third-order valence-corrected chi connectivity index (χ3v) is 4.94. The number of ether oxygens (including phenoxy) is 1. The van der Waals surface area contributed by atoms with Crippen LogP contribution in [0.25, 0.3) is 11.0 Å². The Balaban J connectivity index is 1.96. The zero-order valence-corrected chi connectivity index (χ0v) is 13.0. The van der Waals surface area contributed by atoms with Crippen LogP contribution in [0, 0.1) is 0 Å². The molecule has 0 saturated carbocycles. The number of hydrogen-bond donors (Lipinski definition) is 2. The average molecular weight is 284 g/mol. The lowest BCUT2D eigenvalue weighted by Gasteiger charge is -2.46. The molecule has 0 aliphatic heterocycles. The zero-order chi connectivity index (χ0) is 14.1. The van der Waals surface area contributed by atoms with Crippen LogP contribution >= 0.6 is 9.16 Å². The van der Waals surface area contributed by atoms with Gasteiger partial charge in [-0.25, -0.2) is 4.98 Å². The van der Waals surface area contributed by atoms with Crippen LogP contribution in [-0.2, 0) is 11.5 Å². The Morgan fingerprint density at radius 1 is 1.26 bits per heavy atom. The number of fused-ring (bicyclic) bond motifs is 1. The molecule has 1 aromatic carbocycles. The summed E-state index contributed by atoms with van der Waals surface area (Å²) in [7, 11) is -1.48. The van der Waals surface area contributed by atoms with Crippen LogP contribution in [0.3, 0.4) is 0 Å². The minimum Gasteiger partial charge on any atom is -0.508 e. The number of phenols is 1. The van der Waals surface area contributed by atoms with E-state index in [1.54, 1.807) is 18.5 Å². The molecule has 1 N–H and O–H groups in total. The Labute approximate surface area is 114 Å². The van der Waals surface area contributed by atoms with Gasteiger partial charge < -0.3 is 14.4 Å². The maximum Gasteiger partial charge on any atom is 0.124 e. The summed E-state index contributed by atoms with van der Waals surface area (Å²) in [6.45, 7) is 1.28. The Morgan fingerprint density at radius 3 is 2.68 bits per heavy atom. The van der Waals surface area contributed by atoms with E-state index in [1.165, 1.54) is 0 Å². The van der Waals surface area contributed by atoms with Crippen LogP contribution in [0.4, 0.5) is 0 Å². The molecule has 0 saturated heterocycles. The molecule has 19 heavy (non-hydrogen) atoms. The number of hydrogen-bond acceptors (Lipinski definition) is 3. The number of aromatic nitrogens is 2. The summed E-state index contributed by atoms with van der Waals surface area (Å²) < 4.78 is 7.71. The third-order valence-electron chi connectivity index (χ3n) is 2.97. The van der Waals surface area contributed by atoms with Gasteiger partial charge in [0.1, 0.15) is 12.5 Å². The van der Waals surface area contributed by atoms with E-state index in [9.17, 15) is 5.11 Å². The van der Waals surface area contributed by atoms with Gasteiger partial charge in [0.05, 0.1) is 24.0 Å². The van der Waals surface area contributed by atoms with Gasteiger partial charge in [-0.05, 0) is 42.9 Å². The summed E-state index contributed by atoms with van der Waals surface area (Å²) >= 11 is 0. The van der Waals surface area contributed by atoms with Crippen molar-refractivity contribution in [3.8, 4) is 5.75 Å². The molecule has 0 spiro atoms. The predicted octanol–water partition coefficient (Wildman–Crippen LogP) is 2.31. The normalized spacial score (nSPS) is 14.4. The Hall–Kier alpha value is -1.20. The molecule has 1 heterocycles. The van der Waals surface area contributed by atoms with Crippen molar-refractivity contribution in [3.05, 3.63) is 24.5 Å². The molecule has 0 radical (unpaired) electrons. The first-order valence-corrected chi connectivity index (χ1v) is 10.6. The highest BCUT2D eigenvalue weighted by molar-refractivity contribution is 8.47. The summed E-state index contributed by atoms with van der Waals surface area (Å²) in [5, 5.41) is 9.40. The molecule has 0 fully saturated rings. The van der Waals surface area contributed by atoms with Gasteiger partial charge in [-0.15, -0.1) is 0 Å². The first-order chi connectivity index (χ1) is 8.71. The Kier molecular flexibility index (Phi) is 3.53. The van der Waals surface area contributed by atoms with Gasteiger partial charge in [0, 0.05) is 6.07 Å². The highest BCUT2D eigenvalue weighted by Gasteiger charge is 2.17. The van der Waals surface area contributed by atoms with Crippen LogP contribution in [0.2, 0.25) is 0 Å². The van der Waals surface area contributed by atoms with Crippen molar-refractivity contribution >= 4 is 20.2 Å². The highest BCUT2D eigenvalue weighted by Crippen LogP contribution is 2.54. The number of thiol groups is 1. The molecule has 108 valence electrons. The fraction of sp³-hybridized carbons (Fsp3) is 0.500. The van der Waals surface area contributed by atoms with Crippen LogP contribution in [0.5, 0.6) is 5.75 Å². The summed E-state index contributed by atoms with van der Waals surface area (Å²) in [6.07, 6.45) is 11.2. The van der Waals surface area contributed by atoms with Gasteiger partial charge in [0.2, 0.25) is 0 Å². The smallest absolute Gasteiger partial charge is 0.124 e. The lowest BCUT2D eigenvalue weighted by atomic mass is 10.3. The topological polar surface area (TPSA) is 47.3 Å². The molecule has 0 unspecified atom stereocenters. The number of benzene rings is 1. The average Bonchev–Trinajstić information content (AvgIpc) is 2.64. The summed E-state index contributed by atoms with van der Waals surface area (Å²) in [4.78, 5) is 4.25. The highest BCUT2D eigenvalue weighted by atomic mass is 32.3. The number of aromatic hydroxyl groups is 1. The van der Waals surface area contributed by atoms with E-state index >= 15 is 0 Å². The molecular formula is C14H24N2O2S. The minimum atomic E-state index is -1.48. The van der Waals surface area contributed by atoms with Gasteiger partial charge in [-0.1, -0.05) is 0 Å². The van der Waals surface area contributed by atoms with Crippen molar-refractivity contribution in [1.29, 1.82) is 0 Å². The zero-order valence-electron chi connectivity index (χ0n) is 12.1. The van der Waals surface area contributed by atoms with Crippen molar-refractivity contribution in [3.63, 3.8) is 0 Å². The quantitative estimate of drug-likeness (QED) is 0.654. The molecule has 2 aromatic rings. The second kappa shape index (κ2) is 4.72. The van der Waals surface area contributed by atoms with Gasteiger partial charge >= 0.3 is 0 Å². The van der Waals surface area contributed by atoms with E-state index in [2.05, 4.69) is 30.0 Å². The largest absolute Gasteiger partial charge is 0.508 e. The van der Waals surface area contributed by atoms with E-state index in [-0.39, 0.29) is 5.75 Å². The number of imidazole rings is 1. The lowest BCUT2D eigenvalue weighted by molar-refractivity contribution is 0.0921. The first-order valence-electron chi connectivity index (χ1n) is 6.42. The first kappa shape index (κ1) is 14.2. The molecule has 0 amide bonds. The van der Waals surface area contributed by atoms with E-state index in [0.717, 1.165) is 23.4 Å². The molecule has 2 rings (SSSR count). The summed E-state index contributed by atoms with van der Waals surface area (Å²) in [6, 6.07) is 5.19. The van der Waals surface area contributed by atoms with Crippen molar-refractivity contribution in [2.45, 2.75) is 6.73 Å². The molecule has 5 heteroatoms. The predicted molar refractivity (Wildman–Crippen MR) is 84.9 cm³/mol. The third kappa shape index (κ3) is 4.14. The molecule has 0 bridgehead atoms. The van der Waals surface area contributed by atoms with Crippen LogP contribution in [0.15, 0.2) is 24.5 Å². The minimum absolute atomic E-state index is 0.241. The maximum absolute atomic E-state index is 9.40. The standard InChI is InChI=1S/C14H24N2O2S/c1-19(2,3,4)8-7-18-11-16-10-15-13-9-12(17)5-6-14(13)16/h5-6,9-10,17,19H,7-8,11H2,1-4H3. The van der Waals surface area contributed by atoms with Crippen molar-refractivity contribution < 1.29 is 9.84 Å². The van der Waals surface area contributed by atoms with Crippen molar-refractivity contribution in [2.75, 3.05) is 37.4 Å². The number of phenolic OH excluding ortho intramolecular Hbond substituents is 1. The molecule has 4 nitrogen and oxygen atoms in total. The van der Waals surface area contributed by atoms with Crippen LogP contribution < -0.4 is 0 Å². The van der Waals surface area contributed by atoms with E-state index in [0.29, 0.717) is 6.73 Å². The molecule has 1 aromatic heterocycles. The number of nitrogens with zero attached hydrogens (tertiary/aromatic N) is 2. The van der Waals surface area contributed by atoms with Gasteiger partial charge in [-0.2, -0.15) is 0 Å². The van der Waals surface area contributed by atoms with E-state index in [4.69, 9.17) is 4.74 Å². The van der Waals surface area contributed by atoms with Crippen LogP contribution in [-0.4, -0.2) is 52.0 Å². The molecule has 0 aliphatic carbocycles. The maximum atomic E-state index is 9.40. The van der Waals surface area contributed by atoms with Crippen molar-refractivity contribution in [1.82, 2.24) is 9.55 Å². The second-order valence-electron chi connectivity index (χ2n) is 7.10. The lowest BCUT2D eigenvalue weighted by Crippen LogP contribution is -2.19. The van der Waals surface area contributed by atoms with Gasteiger partial charge in [0.15, 0.2) is 0 Å². The van der Waals surface area contributed by atoms with Crippen molar-refractivity contribution in [2.24, 2.45) is 0 Å². The second-order valence-corrected chi connectivity index (χ2v) is 15.4. The van der Waals surface area contributed by atoms with Gasteiger partial charge in [0.25, 0.3) is 0 Å².